The number of anilines is 1. The van der Waals surface area contributed by atoms with Crippen molar-refractivity contribution in [2.45, 2.75) is 37.2 Å². The fourth-order valence-corrected chi connectivity index (χ4v) is 6.37. The molecule has 0 saturated heterocycles. The van der Waals surface area contributed by atoms with E-state index in [0.717, 1.165) is 9.87 Å². The largest absolute Gasteiger partial charge is 0.497 e. The van der Waals surface area contributed by atoms with Crippen LogP contribution in [0.25, 0.3) is 0 Å². The molecule has 1 N–H and O–H groups in total. The molecule has 0 unspecified atom stereocenters. The molecule has 1 atom stereocenters. The van der Waals surface area contributed by atoms with Gasteiger partial charge in [0, 0.05) is 25.6 Å². The van der Waals surface area contributed by atoms with Crippen LogP contribution in [0.2, 0.25) is 0 Å². The summed E-state index contributed by atoms with van der Waals surface area (Å²) >= 11 is 0. The molecule has 0 heterocycles. The van der Waals surface area contributed by atoms with Gasteiger partial charge in [-0.15, -0.1) is 0 Å². The zero-order chi connectivity index (χ0) is 33.1. The van der Waals surface area contributed by atoms with Gasteiger partial charge in [0.2, 0.25) is 11.8 Å². The second kappa shape index (κ2) is 15.9. The average Bonchev–Trinajstić information content (AvgIpc) is 3.08. The molecule has 0 aromatic heterocycles. The van der Waals surface area contributed by atoms with Gasteiger partial charge in [-0.2, -0.15) is 0 Å². The molecule has 0 fully saturated rings. The van der Waals surface area contributed by atoms with Gasteiger partial charge in [0.25, 0.3) is 10.0 Å². The summed E-state index contributed by atoms with van der Waals surface area (Å²) in [5, 5.41) is 2.90. The van der Waals surface area contributed by atoms with Gasteiger partial charge in [-0.05, 0) is 53.9 Å². The Labute approximate surface area is 269 Å². The van der Waals surface area contributed by atoms with Gasteiger partial charge < -0.3 is 19.7 Å². The Kier molecular flexibility index (Phi) is 11.7. The summed E-state index contributed by atoms with van der Waals surface area (Å²) in [6.07, 6.45) is 0.839. The van der Waals surface area contributed by atoms with Crippen LogP contribution in [-0.2, 0) is 32.6 Å². The van der Waals surface area contributed by atoms with Crippen LogP contribution in [0, 0.1) is 5.82 Å². The summed E-state index contributed by atoms with van der Waals surface area (Å²) in [6.45, 7) is 1.55. The number of amides is 2. The van der Waals surface area contributed by atoms with Gasteiger partial charge in [-0.3, -0.25) is 13.9 Å². The molecule has 0 radical (unpaired) electrons. The van der Waals surface area contributed by atoms with Crippen LogP contribution < -0.4 is 19.1 Å². The van der Waals surface area contributed by atoms with Crippen LogP contribution in [0.5, 0.6) is 11.5 Å². The van der Waals surface area contributed by atoms with Crippen molar-refractivity contribution in [3.8, 4) is 11.5 Å². The van der Waals surface area contributed by atoms with Crippen LogP contribution in [0.1, 0.15) is 24.5 Å². The van der Waals surface area contributed by atoms with E-state index in [4.69, 9.17) is 9.47 Å². The maximum Gasteiger partial charge on any atom is 0.264 e. The van der Waals surface area contributed by atoms with E-state index in [1.54, 1.807) is 30.3 Å². The van der Waals surface area contributed by atoms with Gasteiger partial charge in [0.05, 0.1) is 24.8 Å². The Morgan fingerprint density at radius 2 is 1.50 bits per heavy atom. The number of carbonyl (C=O) groups is 2. The second-order valence-electron chi connectivity index (χ2n) is 10.5. The van der Waals surface area contributed by atoms with Crippen molar-refractivity contribution in [1.29, 1.82) is 0 Å². The summed E-state index contributed by atoms with van der Waals surface area (Å²) in [5.41, 5.74) is 1.45. The SMILES string of the molecule is CCCNC(=O)[C@H](Cc1ccccc1)N(Cc1ccc(F)cc1)C(=O)CN(c1cc(OC)ccc1OC)S(=O)(=O)c1ccccc1. The van der Waals surface area contributed by atoms with Crippen LogP contribution in [0.15, 0.2) is 108 Å². The lowest BCUT2D eigenvalue weighted by atomic mass is 10.0. The third kappa shape index (κ3) is 8.42. The van der Waals surface area contributed by atoms with Gasteiger partial charge in [-0.25, -0.2) is 12.8 Å². The van der Waals surface area contributed by atoms with Crippen LogP contribution >= 0.6 is 0 Å². The first-order chi connectivity index (χ1) is 22.2. The maximum atomic E-state index is 14.5. The standard InChI is InChI=1S/C35H38FN3O6S/c1-4-21-37-35(41)32(22-26-11-7-5-8-12-26)38(24-27-15-17-28(36)18-16-27)34(40)25-39(46(42,43)30-13-9-6-10-14-30)31-23-29(44-2)19-20-33(31)45-3/h5-20,23,32H,4,21-22,24-25H2,1-3H3,(H,37,41)/t32-/m0/s1. The summed E-state index contributed by atoms with van der Waals surface area (Å²) in [5.74, 6) is -0.951. The zero-order valence-electron chi connectivity index (χ0n) is 26.1. The minimum atomic E-state index is -4.34. The summed E-state index contributed by atoms with van der Waals surface area (Å²) < 4.78 is 54.2. The van der Waals surface area contributed by atoms with E-state index in [1.165, 1.54) is 61.6 Å². The lowest BCUT2D eigenvalue weighted by Gasteiger charge is -2.34. The summed E-state index contributed by atoms with van der Waals surface area (Å²) in [7, 11) is -1.49. The highest BCUT2D eigenvalue weighted by atomic mass is 32.2. The molecule has 0 bridgehead atoms. The highest BCUT2D eigenvalue weighted by molar-refractivity contribution is 7.92. The van der Waals surface area contributed by atoms with E-state index < -0.39 is 40.2 Å². The predicted molar refractivity (Wildman–Crippen MR) is 175 cm³/mol. The first-order valence-electron chi connectivity index (χ1n) is 14.8. The Morgan fingerprint density at radius 1 is 0.848 bits per heavy atom. The lowest BCUT2D eigenvalue weighted by Crippen LogP contribution is -2.53. The second-order valence-corrected chi connectivity index (χ2v) is 12.4. The van der Waals surface area contributed by atoms with Crippen molar-refractivity contribution >= 4 is 27.5 Å². The number of hydrogen-bond donors (Lipinski definition) is 1. The van der Waals surface area contributed by atoms with Crippen LogP contribution in [0.3, 0.4) is 0 Å². The monoisotopic (exact) mass is 647 g/mol. The number of ether oxygens (including phenoxy) is 2. The Morgan fingerprint density at radius 3 is 2.11 bits per heavy atom. The zero-order valence-corrected chi connectivity index (χ0v) is 26.9. The number of benzene rings is 4. The van der Waals surface area contributed by atoms with E-state index in [0.29, 0.717) is 24.3 Å². The number of methoxy groups -OCH3 is 2. The summed E-state index contributed by atoms with van der Waals surface area (Å²) in [6, 6.07) is 26.2. The highest BCUT2D eigenvalue weighted by Crippen LogP contribution is 2.36. The number of carbonyl (C=O) groups excluding carboxylic acids is 2. The molecular weight excluding hydrogens is 609 g/mol. The first-order valence-corrected chi connectivity index (χ1v) is 16.3. The molecule has 46 heavy (non-hydrogen) atoms. The molecule has 9 nitrogen and oxygen atoms in total. The molecular formula is C35H38FN3O6S. The van der Waals surface area contributed by atoms with Crippen LogP contribution in [0.4, 0.5) is 10.1 Å². The fraction of sp³-hybridized carbons (Fsp3) is 0.257. The van der Waals surface area contributed by atoms with Crippen molar-refractivity contribution in [2.75, 3.05) is 31.6 Å². The third-order valence-corrected chi connectivity index (χ3v) is 9.13. The molecule has 0 aliphatic carbocycles. The molecule has 4 rings (SSSR count). The average molecular weight is 648 g/mol. The molecule has 0 spiro atoms. The van der Waals surface area contributed by atoms with Crippen molar-refractivity contribution in [1.82, 2.24) is 10.2 Å². The molecule has 2 amide bonds. The normalized spacial score (nSPS) is 11.7. The molecule has 4 aromatic rings. The number of halogens is 1. The predicted octanol–water partition coefficient (Wildman–Crippen LogP) is 5.20. The summed E-state index contributed by atoms with van der Waals surface area (Å²) in [4.78, 5) is 29.6. The van der Waals surface area contributed by atoms with Gasteiger partial charge in [0.1, 0.15) is 29.9 Å². The van der Waals surface area contributed by atoms with Crippen molar-refractivity contribution in [3.05, 3.63) is 120 Å². The van der Waals surface area contributed by atoms with Gasteiger partial charge in [-0.1, -0.05) is 67.6 Å². The fourth-order valence-electron chi connectivity index (χ4n) is 4.93. The topological polar surface area (TPSA) is 105 Å². The Bertz CT molecular complexity index is 1700. The van der Waals surface area contributed by atoms with Gasteiger partial charge >= 0.3 is 0 Å². The molecule has 0 saturated carbocycles. The first kappa shape index (κ1) is 34.0. The molecule has 11 heteroatoms. The number of nitrogens with zero attached hydrogens (tertiary/aromatic N) is 2. The molecule has 4 aromatic carbocycles. The minimum Gasteiger partial charge on any atom is -0.497 e. The lowest BCUT2D eigenvalue weighted by molar-refractivity contribution is -0.140. The Hall–Kier alpha value is -4.90. The van der Waals surface area contributed by atoms with E-state index in [-0.39, 0.29) is 29.3 Å². The number of hydrogen-bond acceptors (Lipinski definition) is 6. The molecule has 0 aliphatic rings. The van der Waals surface area contributed by atoms with E-state index in [1.807, 2.05) is 37.3 Å². The Balaban J connectivity index is 1.84. The van der Waals surface area contributed by atoms with Crippen molar-refractivity contribution in [2.24, 2.45) is 0 Å². The van der Waals surface area contributed by atoms with Crippen LogP contribution in [-0.4, -0.2) is 58.5 Å². The highest BCUT2D eigenvalue weighted by Gasteiger charge is 2.35. The number of sulfonamides is 1. The van der Waals surface area contributed by atoms with E-state index in [2.05, 4.69) is 5.32 Å². The quantitative estimate of drug-likeness (QED) is 0.190. The van der Waals surface area contributed by atoms with Crippen molar-refractivity contribution in [3.63, 3.8) is 0 Å². The minimum absolute atomic E-state index is 0.0423. The molecule has 0 aliphatic heterocycles. The van der Waals surface area contributed by atoms with E-state index >= 15 is 0 Å². The number of nitrogens with one attached hydrogen (secondary N) is 1. The van der Waals surface area contributed by atoms with Gasteiger partial charge in [0.15, 0.2) is 0 Å². The van der Waals surface area contributed by atoms with E-state index in [9.17, 15) is 22.4 Å². The molecule has 242 valence electrons. The maximum absolute atomic E-state index is 14.5. The smallest absolute Gasteiger partial charge is 0.264 e. The van der Waals surface area contributed by atoms with Crippen molar-refractivity contribution < 1.29 is 31.9 Å². The number of rotatable bonds is 15. The third-order valence-electron chi connectivity index (χ3n) is 7.35.